The Morgan fingerprint density at radius 1 is 1.47 bits per heavy atom. The molecule has 2 aliphatic rings. The van der Waals surface area contributed by atoms with E-state index in [9.17, 15) is 4.79 Å². The summed E-state index contributed by atoms with van der Waals surface area (Å²) in [6.07, 6.45) is 6.41. The lowest BCUT2D eigenvalue weighted by molar-refractivity contribution is -0.144. The maximum atomic E-state index is 11.2. The van der Waals surface area contributed by atoms with Crippen molar-refractivity contribution >= 4 is 5.97 Å². The molecule has 1 saturated carbocycles. The van der Waals surface area contributed by atoms with Gasteiger partial charge in [-0.15, -0.1) is 0 Å². The summed E-state index contributed by atoms with van der Waals surface area (Å²) in [7, 11) is 0. The van der Waals surface area contributed by atoms with Crippen LogP contribution in [0, 0.1) is 17.3 Å². The topological polar surface area (TPSA) is 26.3 Å². The summed E-state index contributed by atoms with van der Waals surface area (Å²) < 4.78 is 5.44. The minimum atomic E-state index is -0.189. The zero-order valence-electron chi connectivity index (χ0n) is 12.7. The molecule has 0 saturated heterocycles. The van der Waals surface area contributed by atoms with Crippen LogP contribution in [0.25, 0.3) is 0 Å². The van der Waals surface area contributed by atoms with E-state index in [-0.39, 0.29) is 12.1 Å². The van der Waals surface area contributed by atoms with Crippen LogP contribution in [0.15, 0.2) is 23.8 Å². The van der Waals surface area contributed by atoms with Crippen LogP contribution in [0.3, 0.4) is 0 Å². The second kappa shape index (κ2) is 5.15. The Morgan fingerprint density at radius 2 is 2.16 bits per heavy atom. The van der Waals surface area contributed by atoms with Crippen LogP contribution in [0.2, 0.25) is 0 Å². The second-order valence-electron chi connectivity index (χ2n) is 6.88. The summed E-state index contributed by atoms with van der Waals surface area (Å²) in [5, 5.41) is 0. The van der Waals surface area contributed by atoms with Crippen molar-refractivity contribution in [1.29, 1.82) is 0 Å². The average Bonchev–Trinajstić information content (AvgIpc) is 2.33. The molecule has 2 heteroatoms. The number of hydrogen-bond acceptors (Lipinski definition) is 2. The predicted octanol–water partition coefficient (Wildman–Crippen LogP) is 4.27. The van der Waals surface area contributed by atoms with Gasteiger partial charge in [0.1, 0.15) is 6.10 Å². The van der Waals surface area contributed by atoms with Gasteiger partial charge in [0.05, 0.1) is 0 Å². The fourth-order valence-electron chi connectivity index (χ4n) is 3.68. The third-order valence-electron chi connectivity index (χ3n) is 5.00. The highest BCUT2D eigenvalue weighted by Crippen LogP contribution is 2.56. The molecule has 0 radical (unpaired) electrons. The van der Waals surface area contributed by atoms with Crippen LogP contribution in [0.1, 0.15) is 53.4 Å². The molecule has 19 heavy (non-hydrogen) atoms. The highest BCUT2D eigenvalue weighted by Gasteiger charge is 2.47. The highest BCUT2D eigenvalue weighted by molar-refractivity contribution is 5.66. The molecule has 2 rings (SSSR count). The highest BCUT2D eigenvalue weighted by atomic mass is 16.5. The van der Waals surface area contributed by atoms with Crippen LogP contribution in [0.5, 0.6) is 0 Å². The molecule has 2 aliphatic carbocycles. The van der Waals surface area contributed by atoms with E-state index in [0.29, 0.717) is 17.3 Å². The van der Waals surface area contributed by atoms with E-state index in [2.05, 4.69) is 33.4 Å². The van der Waals surface area contributed by atoms with Crippen molar-refractivity contribution < 1.29 is 9.53 Å². The molecule has 0 unspecified atom stereocenters. The number of esters is 1. The summed E-state index contributed by atoms with van der Waals surface area (Å²) in [6.45, 7) is 12.6. The van der Waals surface area contributed by atoms with Crippen LogP contribution in [-0.4, -0.2) is 12.1 Å². The zero-order valence-corrected chi connectivity index (χ0v) is 12.7. The van der Waals surface area contributed by atoms with E-state index in [1.807, 2.05) is 0 Å². The van der Waals surface area contributed by atoms with Gasteiger partial charge < -0.3 is 4.74 Å². The molecule has 0 amide bonds. The SMILES string of the molecule is C=C1CC[C@@H](OC(C)=O)/C(C)=C\C[C@@H]2[C@@H]1CC2(C)C. The van der Waals surface area contributed by atoms with Gasteiger partial charge in [-0.3, -0.25) is 4.79 Å². The normalized spacial score (nSPS) is 36.7. The Hall–Kier alpha value is -1.05. The van der Waals surface area contributed by atoms with Crippen molar-refractivity contribution in [2.24, 2.45) is 17.3 Å². The van der Waals surface area contributed by atoms with E-state index in [1.165, 1.54) is 24.5 Å². The molecule has 0 aromatic carbocycles. The van der Waals surface area contributed by atoms with Gasteiger partial charge in [0.25, 0.3) is 0 Å². The van der Waals surface area contributed by atoms with Crippen LogP contribution in [0.4, 0.5) is 0 Å². The quantitative estimate of drug-likeness (QED) is 0.521. The molecular weight excluding hydrogens is 236 g/mol. The zero-order chi connectivity index (χ0) is 14.2. The molecule has 0 heterocycles. The van der Waals surface area contributed by atoms with Gasteiger partial charge in [0.2, 0.25) is 0 Å². The van der Waals surface area contributed by atoms with Crippen LogP contribution < -0.4 is 0 Å². The summed E-state index contributed by atoms with van der Waals surface area (Å²) in [5.74, 6) is 1.17. The van der Waals surface area contributed by atoms with Crippen molar-refractivity contribution in [3.8, 4) is 0 Å². The third kappa shape index (κ3) is 2.93. The lowest BCUT2D eigenvalue weighted by Crippen LogP contribution is -2.44. The number of hydrogen-bond donors (Lipinski definition) is 0. The molecule has 0 N–H and O–H groups in total. The standard InChI is InChI=1S/C17H26O2/c1-11-7-9-16(19-13(3)18)12(2)6-8-15-14(11)10-17(15,4)5/h6,14-16H,1,7-10H2,2-5H3/b12-6-/t14-,15-,16-/m1/s1. The van der Waals surface area contributed by atoms with Crippen molar-refractivity contribution in [3.05, 3.63) is 23.8 Å². The number of fused-ring (bicyclic) bond motifs is 1. The molecule has 0 spiro atoms. The number of carbonyl (C=O) groups is 1. The summed E-state index contributed by atoms with van der Waals surface area (Å²) in [6, 6.07) is 0. The first kappa shape index (κ1) is 14.4. The first-order valence-corrected chi connectivity index (χ1v) is 7.33. The first-order valence-electron chi connectivity index (χ1n) is 7.33. The van der Waals surface area contributed by atoms with Gasteiger partial charge in [0.15, 0.2) is 0 Å². The van der Waals surface area contributed by atoms with Crippen molar-refractivity contribution in [3.63, 3.8) is 0 Å². The lowest BCUT2D eigenvalue weighted by atomic mass is 9.52. The summed E-state index contributed by atoms with van der Waals surface area (Å²) in [5.41, 5.74) is 2.97. The van der Waals surface area contributed by atoms with Gasteiger partial charge in [-0.25, -0.2) is 0 Å². The van der Waals surface area contributed by atoms with Crippen LogP contribution >= 0.6 is 0 Å². The number of ether oxygens (including phenoxy) is 1. The molecule has 3 atom stereocenters. The fourth-order valence-corrected chi connectivity index (χ4v) is 3.68. The number of carbonyl (C=O) groups excluding carboxylic acids is 1. The van der Waals surface area contributed by atoms with Gasteiger partial charge in [-0.2, -0.15) is 0 Å². The molecule has 2 nitrogen and oxygen atoms in total. The summed E-state index contributed by atoms with van der Waals surface area (Å²) >= 11 is 0. The molecule has 106 valence electrons. The maximum Gasteiger partial charge on any atom is 0.303 e. The monoisotopic (exact) mass is 262 g/mol. The Labute approximate surface area is 116 Å². The summed E-state index contributed by atoms with van der Waals surface area (Å²) in [4.78, 5) is 11.2. The smallest absolute Gasteiger partial charge is 0.303 e. The van der Waals surface area contributed by atoms with Crippen molar-refractivity contribution in [2.75, 3.05) is 0 Å². The average molecular weight is 262 g/mol. The molecule has 0 aromatic heterocycles. The lowest BCUT2D eigenvalue weighted by Gasteiger charge is -2.52. The number of rotatable bonds is 1. The fraction of sp³-hybridized carbons (Fsp3) is 0.706. The molecule has 0 aliphatic heterocycles. The van der Waals surface area contributed by atoms with Gasteiger partial charge in [0, 0.05) is 6.92 Å². The maximum absolute atomic E-state index is 11.2. The largest absolute Gasteiger partial charge is 0.458 e. The second-order valence-corrected chi connectivity index (χ2v) is 6.88. The van der Waals surface area contributed by atoms with E-state index >= 15 is 0 Å². The predicted molar refractivity (Wildman–Crippen MR) is 77.7 cm³/mol. The molecule has 0 aromatic rings. The van der Waals surface area contributed by atoms with Gasteiger partial charge in [-0.1, -0.05) is 32.1 Å². The van der Waals surface area contributed by atoms with E-state index < -0.39 is 0 Å². The number of allylic oxidation sites excluding steroid dienone is 2. The Morgan fingerprint density at radius 3 is 2.74 bits per heavy atom. The Balaban J connectivity index is 2.16. The van der Waals surface area contributed by atoms with Crippen molar-refractivity contribution in [1.82, 2.24) is 0 Å². The van der Waals surface area contributed by atoms with Crippen molar-refractivity contribution in [2.45, 2.75) is 59.5 Å². The molecular formula is C17H26O2. The molecule has 1 fully saturated rings. The third-order valence-corrected chi connectivity index (χ3v) is 5.00. The van der Waals surface area contributed by atoms with E-state index in [0.717, 1.165) is 19.3 Å². The minimum absolute atomic E-state index is 0.0603. The molecule has 0 bridgehead atoms. The van der Waals surface area contributed by atoms with E-state index in [4.69, 9.17) is 4.74 Å². The Bertz CT molecular complexity index is 417. The van der Waals surface area contributed by atoms with E-state index in [1.54, 1.807) is 0 Å². The Kier molecular flexibility index (Phi) is 3.89. The van der Waals surface area contributed by atoms with Gasteiger partial charge >= 0.3 is 5.97 Å². The minimum Gasteiger partial charge on any atom is -0.458 e. The first-order chi connectivity index (χ1) is 8.81. The van der Waals surface area contributed by atoms with Crippen LogP contribution in [-0.2, 0) is 9.53 Å². The van der Waals surface area contributed by atoms with Gasteiger partial charge in [-0.05, 0) is 55.4 Å².